The highest BCUT2D eigenvalue weighted by Gasteiger charge is 2.20. The Bertz CT molecular complexity index is 566. The third kappa shape index (κ3) is 2.73. The van der Waals surface area contributed by atoms with Crippen LogP contribution in [0.1, 0.15) is 31.5 Å². The summed E-state index contributed by atoms with van der Waals surface area (Å²) in [6.07, 6.45) is 0. The van der Waals surface area contributed by atoms with Crippen LogP contribution in [-0.4, -0.2) is 15.0 Å². The summed E-state index contributed by atoms with van der Waals surface area (Å²) in [5.74, 6) is 0.576. The van der Waals surface area contributed by atoms with Crippen molar-refractivity contribution in [3.63, 3.8) is 0 Å². The highest BCUT2D eigenvalue weighted by Crippen LogP contribution is 2.30. The van der Waals surface area contributed by atoms with Gasteiger partial charge in [-0.15, -0.1) is 11.3 Å². The van der Waals surface area contributed by atoms with E-state index in [1.165, 1.54) is 0 Å². The van der Waals surface area contributed by atoms with Crippen LogP contribution in [-0.2, 0) is 5.41 Å². The van der Waals surface area contributed by atoms with Gasteiger partial charge >= 0.3 is 0 Å². The quantitative estimate of drug-likeness (QED) is 0.707. The summed E-state index contributed by atoms with van der Waals surface area (Å²) in [4.78, 5) is 13.2. The Morgan fingerprint density at radius 3 is 2.39 bits per heavy atom. The maximum atomic E-state index is 6.04. The molecule has 6 heteroatoms. The van der Waals surface area contributed by atoms with Gasteiger partial charge < -0.3 is 0 Å². The van der Waals surface area contributed by atoms with Gasteiger partial charge in [0.05, 0.1) is 15.2 Å². The number of nitrogens with zero attached hydrogens (tertiary/aromatic N) is 3. The van der Waals surface area contributed by atoms with Crippen LogP contribution in [0, 0.1) is 6.92 Å². The van der Waals surface area contributed by atoms with Gasteiger partial charge in [0.2, 0.25) is 0 Å². The van der Waals surface area contributed by atoms with Crippen molar-refractivity contribution in [2.24, 2.45) is 0 Å². The fourth-order valence-corrected chi connectivity index (χ4v) is 2.64. The molecule has 96 valence electrons. The minimum Gasteiger partial charge on any atom is -0.237 e. The van der Waals surface area contributed by atoms with Crippen molar-refractivity contribution in [3.8, 4) is 11.5 Å². The summed E-state index contributed by atoms with van der Waals surface area (Å²) in [5.41, 5.74) is 1.63. The van der Waals surface area contributed by atoms with Crippen molar-refractivity contribution in [3.05, 3.63) is 25.7 Å². The molecule has 0 saturated heterocycles. The van der Waals surface area contributed by atoms with Gasteiger partial charge in [-0.1, -0.05) is 32.4 Å². The minimum absolute atomic E-state index is 0.0388. The van der Waals surface area contributed by atoms with Gasteiger partial charge in [0, 0.05) is 10.8 Å². The minimum atomic E-state index is 0.0388. The molecule has 0 fully saturated rings. The van der Waals surface area contributed by atoms with Crippen molar-refractivity contribution in [1.82, 2.24) is 15.0 Å². The lowest BCUT2D eigenvalue weighted by Gasteiger charge is -2.13. The summed E-state index contributed by atoms with van der Waals surface area (Å²) in [5, 5.41) is 3.46. The summed E-state index contributed by atoms with van der Waals surface area (Å²) < 4.78 is 0.735. The Kier molecular flexibility index (Phi) is 3.76. The zero-order valence-electron chi connectivity index (χ0n) is 10.6. The molecule has 0 N–H and O–H groups in total. The van der Waals surface area contributed by atoms with E-state index in [0.717, 1.165) is 20.9 Å². The van der Waals surface area contributed by atoms with E-state index in [1.54, 1.807) is 11.3 Å². The van der Waals surface area contributed by atoms with Crippen LogP contribution < -0.4 is 0 Å². The fourth-order valence-electron chi connectivity index (χ4n) is 1.36. The predicted molar refractivity (Wildman–Crippen MR) is 79.3 cm³/mol. The molecule has 0 radical (unpaired) electrons. The van der Waals surface area contributed by atoms with E-state index in [9.17, 15) is 0 Å². The maximum absolute atomic E-state index is 6.04. The number of thiazole rings is 1. The lowest BCUT2D eigenvalue weighted by Crippen LogP contribution is -2.10. The zero-order valence-corrected chi connectivity index (χ0v) is 13.7. The molecule has 2 rings (SSSR count). The van der Waals surface area contributed by atoms with E-state index in [0.29, 0.717) is 11.0 Å². The summed E-state index contributed by atoms with van der Waals surface area (Å²) in [6, 6.07) is 0. The first kappa shape index (κ1) is 13.9. The normalized spacial score (nSPS) is 11.9. The van der Waals surface area contributed by atoms with Gasteiger partial charge in [-0.05, 0) is 22.9 Å². The Morgan fingerprint density at radius 1 is 1.22 bits per heavy atom. The van der Waals surface area contributed by atoms with Crippen LogP contribution in [0.15, 0.2) is 9.85 Å². The lowest BCUT2D eigenvalue weighted by atomic mass is 9.98. The largest absolute Gasteiger partial charge is 0.237 e. The molecule has 2 aromatic heterocycles. The van der Waals surface area contributed by atoms with Crippen molar-refractivity contribution < 1.29 is 0 Å². The Balaban J connectivity index is 2.47. The van der Waals surface area contributed by atoms with Gasteiger partial charge in [0.15, 0.2) is 5.82 Å². The molecule has 18 heavy (non-hydrogen) atoms. The monoisotopic (exact) mass is 345 g/mol. The zero-order chi connectivity index (χ0) is 13.5. The van der Waals surface area contributed by atoms with Gasteiger partial charge in [-0.25, -0.2) is 15.0 Å². The van der Waals surface area contributed by atoms with Crippen molar-refractivity contribution in [1.29, 1.82) is 0 Å². The number of hydrogen-bond acceptors (Lipinski definition) is 4. The van der Waals surface area contributed by atoms with Crippen LogP contribution in [0.4, 0.5) is 0 Å². The molecule has 0 aliphatic carbocycles. The predicted octanol–water partition coefficient (Wildman–Crippen LogP) is 4.62. The van der Waals surface area contributed by atoms with Crippen LogP contribution in [0.25, 0.3) is 11.5 Å². The second-order valence-corrected chi connectivity index (χ2v) is 7.03. The van der Waals surface area contributed by atoms with E-state index in [4.69, 9.17) is 11.6 Å². The SMILES string of the molecule is Cc1nc(-c2csc(C(C)(C)C)n2)nc(Cl)c1Br. The fraction of sp³-hybridized carbons (Fsp3) is 0.417. The van der Waals surface area contributed by atoms with Crippen LogP contribution in [0.5, 0.6) is 0 Å². The average molecular weight is 347 g/mol. The maximum Gasteiger partial charge on any atom is 0.180 e. The molecule has 0 spiro atoms. The number of aryl methyl sites for hydroxylation is 1. The Hall–Kier alpha value is -0.520. The highest BCUT2D eigenvalue weighted by molar-refractivity contribution is 9.10. The van der Waals surface area contributed by atoms with Crippen molar-refractivity contribution in [2.45, 2.75) is 33.1 Å². The smallest absolute Gasteiger partial charge is 0.180 e. The molecule has 0 aromatic carbocycles. The first-order chi connectivity index (χ1) is 8.29. The molecule has 3 nitrogen and oxygen atoms in total. The summed E-state index contributed by atoms with van der Waals surface area (Å²) >= 11 is 11.0. The van der Waals surface area contributed by atoms with Gasteiger partial charge in [0.1, 0.15) is 10.8 Å². The van der Waals surface area contributed by atoms with Gasteiger partial charge in [0.25, 0.3) is 0 Å². The van der Waals surface area contributed by atoms with Crippen LogP contribution in [0.3, 0.4) is 0 Å². The topological polar surface area (TPSA) is 38.7 Å². The van der Waals surface area contributed by atoms with E-state index >= 15 is 0 Å². The highest BCUT2D eigenvalue weighted by atomic mass is 79.9. The second-order valence-electron chi connectivity index (χ2n) is 5.03. The summed E-state index contributed by atoms with van der Waals surface area (Å²) in [7, 11) is 0. The number of rotatable bonds is 1. The Morgan fingerprint density at radius 2 is 1.89 bits per heavy atom. The molecule has 0 saturated carbocycles. The molecule has 0 aliphatic heterocycles. The van der Waals surface area contributed by atoms with E-state index in [2.05, 4.69) is 51.7 Å². The van der Waals surface area contributed by atoms with Crippen molar-refractivity contribution in [2.75, 3.05) is 0 Å². The standard InChI is InChI=1S/C12H13BrClN3S/c1-6-8(13)9(14)17-10(15-6)7-5-18-11(16-7)12(2,3)4/h5H,1-4H3. The van der Waals surface area contributed by atoms with E-state index in [1.807, 2.05) is 12.3 Å². The molecule has 0 unspecified atom stereocenters. The first-order valence-corrected chi connectivity index (χ1v) is 7.50. The van der Waals surface area contributed by atoms with Gasteiger partial charge in [-0.3, -0.25) is 0 Å². The van der Waals surface area contributed by atoms with Crippen LogP contribution >= 0.6 is 38.9 Å². The van der Waals surface area contributed by atoms with E-state index in [-0.39, 0.29) is 5.41 Å². The molecular formula is C12H13BrClN3S. The number of hydrogen-bond donors (Lipinski definition) is 0. The molecule has 2 aromatic rings. The summed E-state index contributed by atoms with van der Waals surface area (Å²) in [6.45, 7) is 8.29. The molecule has 0 bridgehead atoms. The molecule has 2 heterocycles. The first-order valence-electron chi connectivity index (χ1n) is 5.45. The van der Waals surface area contributed by atoms with E-state index < -0.39 is 0 Å². The van der Waals surface area contributed by atoms with Crippen molar-refractivity contribution >= 4 is 38.9 Å². The molecule has 0 aliphatic rings. The van der Waals surface area contributed by atoms with Crippen LogP contribution in [0.2, 0.25) is 5.15 Å². The lowest BCUT2D eigenvalue weighted by molar-refractivity contribution is 0.586. The molecule has 0 atom stereocenters. The third-order valence-electron chi connectivity index (χ3n) is 2.35. The van der Waals surface area contributed by atoms with Gasteiger partial charge in [-0.2, -0.15) is 0 Å². The molecule has 0 amide bonds. The number of aromatic nitrogens is 3. The Labute approximate surface area is 124 Å². The molecular weight excluding hydrogens is 334 g/mol. The third-order valence-corrected chi connectivity index (χ3v) is 5.07. The second kappa shape index (κ2) is 4.87. The number of halogens is 2. The average Bonchev–Trinajstić information content (AvgIpc) is 2.73.